The van der Waals surface area contributed by atoms with Crippen LogP contribution in [0.4, 0.5) is 0 Å². The van der Waals surface area contributed by atoms with Crippen molar-refractivity contribution in [3.63, 3.8) is 0 Å². The normalized spacial score (nSPS) is 20.9. The number of hydrogen-bond donors (Lipinski definition) is 0. The minimum absolute atomic E-state index is 0.109. The van der Waals surface area contributed by atoms with Crippen LogP contribution in [0.15, 0.2) is 120 Å². The predicted octanol–water partition coefficient (Wildman–Crippen LogP) is 4.75. The van der Waals surface area contributed by atoms with E-state index in [1.165, 1.54) is 55.6 Å². The number of ether oxygens (including phenoxy) is 5. The Morgan fingerprint density at radius 1 is 0.617 bits per heavy atom. The van der Waals surface area contributed by atoms with E-state index in [1.54, 1.807) is 66.7 Å². The maximum atomic E-state index is 13.4. The SMILES string of the molecule is CO[C@@H]1O[C@H](COS(=O)(=O)c2ccc(C)cc2)C(OC(=O)c2ccccc2)[C@H](OC(=O)c2ccccc2)[C@@H]1OC(=O)c1ccccc1. The molecule has 0 aromatic heterocycles. The monoisotopic (exact) mass is 660 g/mol. The first-order chi connectivity index (χ1) is 22.7. The van der Waals surface area contributed by atoms with Gasteiger partial charge in [0.25, 0.3) is 10.1 Å². The van der Waals surface area contributed by atoms with Gasteiger partial charge < -0.3 is 23.7 Å². The van der Waals surface area contributed by atoms with Crippen LogP contribution in [0.1, 0.15) is 36.6 Å². The third kappa shape index (κ3) is 8.29. The zero-order chi connectivity index (χ0) is 33.4. The minimum atomic E-state index is -4.31. The maximum Gasteiger partial charge on any atom is 0.338 e. The highest BCUT2D eigenvalue weighted by molar-refractivity contribution is 7.86. The van der Waals surface area contributed by atoms with E-state index < -0.39 is 65.3 Å². The summed E-state index contributed by atoms with van der Waals surface area (Å²) in [5, 5.41) is 0. The fourth-order valence-corrected chi connectivity index (χ4v) is 5.75. The van der Waals surface area contributed by atoms with Gasteiger partial charge in [0.2, 0.25) is 0 Å². The zero-order valence-corrected chi connectivity index (χ0v) is 26.3. The average Bonchev–Trinajstić information content (AvgIpc) is 3.10. The van der Waals surface area contributed by atoms with Crippen molar-refractivity contribution in [1.29, 1.82) is 0 Å². The summed E-state index contributed by atoms with van der Waals surface area (Å²) in [6.45, 7) is 1.13. The molecule has 5 rings (SSSR count). The molecular formula is C35H32O11S. The van der Waals surface area contributed by atoms with E-state index in [-0.39, 0.29) is 21.6 Å². The van der Waals surface area contributed by atoms with E-state index in [0.717, 1.165) is 5.56 Å². The zero-order valence-electron chi connectivity index (χ0n) is 25.5. The molecule has 1 unspecified atom stereocenters. The molecule has 4 aromatic carbocycles. The number of aryl methyl sites for hydroxylation is 1. The van der Waals surface area contributed by atoms with E-state index >= 15 is 0 Å². The topological polar surface area (TPSA) is 141 Å². The molecule has 1 saturated heterocycles. The Morgan fingerprint density at radius 2 is 1.04 bits per heavy atom. The summed E-state index contributed by atoms with van der Waals surface area (Å²) in [6.07, 6.45) is -7.34. The van der Waals surface area contributed by atoms with Crippen molar-refractivity contribution >= 4 is 28.0 Å². The van der Waals surface area contributed by atoms with Crippen LogP contribution in [0.5, 0.6) is 0 Å². The molecule has 0 N–H and O–H groups in total. The number of methoxy groups -OCH3 is 1. The summed E-state index contributed by atoms with van der Waals surface area (Å²) < 4.78 is 60.8. The van der Waals surface area contributed by atoms with Crippen molar-refractivity contribution in [2.24, 2.45) is 0 Å². The van der Waals surface area contributed by atoms with Crippen molar-refractivity contribution in [3.05, 3.63) is 138 Å². The third-order valence-electron chi connectivity index (χ3n) is 7.28. The van der Waals surface area contributed by atoms with E-state index in [1.807, 2.05) is 6.92 Å². The van der Waals surface area contributed by atoms with E-state index in [4.69, 9.17) is 27.9 Å². The molecule has 11 nitrogen and oxygen atoms in total. The highest BCUT2D eigenvalue weighted by atomic mass is 32.2. The lowest BCUT2D eigenvalue weighted by atomic mass is 9.97. The van der Waals surface area contributed by atoms with Crippen LogP contribution in [0.3, 0.4) is 0 Å². The second-order valence-electron chi connectivity index (χ2n) is 10.5. The molecule has 0 amide bonds. The number of carbonyl (C=O) groups excluding carboxylic acids is 3. The van der Waals surface area contributed by atoms with Crippen LogP contribution < -0.4 is 0 Å². The fourth-order valence-electron chi connectivity index (χ4n) is 4.83. The second kappa shape index (κ2) is 15.1. The predicted molar refractivity (Wildman–Crippen MR) is 167 cm³/mol. The Bertz CT molecular complexity index is 1760. The second-order valence-corrected chi connectivity index (χ2v) is 12.2. The van der Waals surface area contributed by atoms with E-state index in [9.17, 15) is 22.8 Å². The molecule has 0 bridgehead atoms. The standard InChI is InChI=1S/C35H32O11S/c1-23-18-20-27(21-19-23)47(39,40)42-22-28-29(44-32(36)24-12-6-3-7-13-24)30(45-33(37)25-14-8-4-9-15-25)31(35(41-2)43-28)46-34(38)26-16-10-5-11-17-26/h3-21,28-31,35H,22H2,1-2H3/t28-,29?,30+,31+,35-/m1/s1. The van der Waals surface area contributed by atoms with Gasteiger partial charge in [-0.2, -0.15) is 8.42 Å². The molecule has 1 fully saturated rings. The highest BCUT2D eigenvalue weighted by Crippen LogP contribution is 2.32. The van der Waals surface area contributed by atoms with Gasteiger partial charge in [-0.05, 0) is 55.5 Å². The first-order valence-electron chi connectivity index (χ1n) is 14.6. The van der Waals surface area contributed by atoms with Gasteiger partial charge in [0.1, 0.15) is 6.10 Å². The molecule has 1 aliphatic rings. The Labute approximate surface area is 272 Å². The minimum Gasteiger partial charge on any atom is -0.452 e. The van der Waals surface area contributed by atoms with Gasteiger partial charge in [-0.15, -0.1) is 0 Å². The van der Waals surface area contributed by atoms with Crippen LogP contribution >= 0.6 is 0 Å². The molecule has 0 aliphatic carbocycles. The number of carbonyl (C=O) groups is 3. The molecule has 0 saturated carbocycles. The first-order valence-corrected chi connectivity index (χ1v) is 16.0. The number of hydrogen-bond acceptors (Lipinski definition) is 11. The molecule has 244 valence electrons. The van der Waals surface area contributed by atoms with E-state index in [2.05, 4.69) is 0 Å². The summed E-state index contributed by atoms with van der Waals surface area (Å²) >= 11 is 0. The Morgan fingerprint density at radius 3 is 1.49 bits per heavy atom. The lowest BCUT2D eigenvalue weighted by Gasteiger charge is -2.44. The van der Waals surface area contributed by atoms with Crippen LogP contribution in [-0.4, -0.2) is 70.7 Å². The van der Waals surface area contributed by atoms with Gasteiger partial charge in [0.15, 0.2) is 24.6 Å². The van der Waals surface area contributed by atoms with Crippen LogP contribution in [0, 0.1) is 6.92 Å². The molecular weight excluding hydrogens is 628 g/mol. The van der Waals surface area contributed by atoms with Crippen LogP contribution in [-0.2, 0) is 38.0 Å². The Kier molecular flexibility index (Phi) is 10.8. The molecule has 0 spiro atoms. The van der Waals surface area contributed by atoms with Crippen LogP contribution in [0.25, 0.3) is 0 Å². The lowest BCUT2D eigenvalue weighted by Crippen LogP contribution is -2.63. The van der Waals surface area contributed by atoms with Gasteiger partial charge in [0, 0.05) is 7.11 Å². The van der Waals surface area contributed by atoms with Gasteiger partial charge in [-0.1, -0.05) is 72.3 Å². The van der Waals surface area contributed by atoms with Crippen molar-refractivity contribution in [2.75, 3.05) is 13.7 Å². The molecule has 5 atom stereocenters. The molecule has 4 aromatic rings. The van der Waals surface area contributed by atoms with E-state index in [0.29, 0.717) is 0 Å². The summed E-state index contributed by atoms with van der Waals surface area (Å²) in [6, 6.07) is 30.0. The number of esters is 3. The van der Waals surface area contributed by atoms with Gasteiger partial charge >= 0.3 is 17.9 Å². The summed E-state index contributed by atoms with van der Waals surface area (Å²) in [7, 11) is -3.05. The number of rotatable bonds is 11. The molecule has 1 heterocycles. The van der Waals surface area contributed by atoms with Crippen molar-refractivity contribution in [2.45, 2.75) is 42.5 Å². The smallest absolute Gasteiger partial charge is 0.338 e. The highest BCUT2D eigenvalue weighted by Gasteiger charge is 2.53. The van der Waals surface area contributed by atoms with Gasteiger partial charge in [0.05, 0.1) is 28.2 Å². The number of benzene rings is 4. The lowest BCUT2D eigenvalue weighted by molar-refractivity contribution is -0.290. The molecule has 0 radical (unpaired) electrons. The molecule has 47 heavy (non-hydrogen) atoms. The Hall–Kier alpha value is -4.88. The van der Waals surface area contributed by atoms with Gasteiger partial charge in [-0.3, -0.25) is 4.18 Å². The average molecular weight is 661 g/mol. The third-order valence-corrected chi connectivity index (χ3v) is 8.57. The summed E-state index contributed by atoms with van der Waals surface area (Å²) in [5.74, 6) is -2.47. The Balaban J connectivity index is 1.52. The molecule has 1 aliphatic heterocycles. The van der Waals surface area contributed by atoms with Crippen LogP contribution in [0.2, 0.25) is 0 Å². The molecule has 12 heteroatoms. The van der Waals surface area contributed by atoms with Crippen molar-refractivity contribution in [1.82, 2.24) is 0 Å². The fraction of sp³-hybridized carbons (Fsp3) is 0.229. The first kappa shape index (κ1) is 33.5. The summed E-state index contributed by atoms with van der Waals surface area (Å²) in [4.78, 5) is 40.0. The van der Waals surface area contributed by atoms with Gasteiger partial charge in [-0.25, -0.2) is 14.4 Å². The quantitative estimate of drug-likeness (QED) is 0.125. The maximum absolute atomic E-state index is 13.4. The largest absolute Gasteiger partial charge is 0.452 e. The summed E-state index contributed by atoms with van der Waals surface area (Å²) in [5.41, 5.74) is 1.33. The van der Waals surface area contributed by atoms with Crippen molar-refractivity contribution in [3.8, 4) is 0 Å². The van der Waals surface area contributed by atoms with Crippen molar-refractivity contribution < 1.29 is 50.7 Å².